The molecule has 0 aliphatic heterocycles. The summed E-state index contributed by atoms with van der Waals surface area (Å²) < 4.78 is 37.4. The lowest BCUT2D eigenvalue weighted by Gasteiger charge is -2.17. The molecule has 1 aromatic heterocycles. The number of halogens is 3. The van der Waals surface area contributed by atoms with E-state index in [1.165, 1.54) is 6.20 Å². The molecule has 1 heterocycles. The van der Waals surface area contributed by atoms with Crippen LogP contribution in [-0.4, -0.2) is 23.0 Å². The number of hydrogen-bond acceptors (Lipinski definition) is 3. The van der Waals surface area contributed by atoms with Crippen molar-refractivity contribution >= 4 is 17.6 Å². The first-order valence-corrected chi connectivity index (χ1v) is 6.65. The molecule has 0 radical (unpaired) electrons. The van der Waals surface area contributed by atoms with Gasteiger partial charge in [0.2, 0.25) is 0 Å². The Morgan fingerprint density at radius 2 is 2.18 bits per heavy atom. The van der Waals surface area contributed by atoms with Crippen molar-refractivity contribution in [1.82, 2.24) is 4.98 Å². The minimum absolute atomic E-state index is 0.140. The van der Waals surface area contributed by atoms with Crippen LogP contribution >= 0.6 is 11.8 Å². The van der Waals surface area contributed by atoms with Gasteiger partial charge in [-0.1, -0.05) is 6.92 Å². The van der Waals surface area contributed by atoms with Crippen LogP contribution in [0, 0.1) is 0 Å². The van der Waals surface area contributed by atoms with Gasteiger partial charge in [-0.05, 0) is 24.8 Å². The molecule has 2 nitrogen and oxygen atoms in total. The van der Waals surface area contributed by atoms with Crippen LogP contribution in [0.1, 0.15) is 18.9 Å². The molecule has 0 bridgehead atoms. The number of nitrogens with one attached hydrogen (secondary N) is 1. The quantitative estimate of drug-likeness (QED) is 0.878. The third kappa shape index (κ3) is 4.46. The molecule has 0 amide bonds. The van der Waals surface area contributed by atoms with Gasteiger partial charge in [-0.3, -0.25) is 0 Å². The highest BCUT2D eigenvalue weighted by Crippen LogP contribution is 2.30. The van der Waals surface area contributed by atoms with Gasteiger partial charge in [-0.25, -0.2) is 4.98 Å². The third-order valence-corrected chi connectivity index (χ3v) is 3.04. The maximum atomic E-state index is 12.5. The van der Waals surface area contributed by atoms with Gasteiger partial charge < -0.3 is 5.32 Å². The molecule has 0 fully saturated rings. The molecule has 0 spiro atoms. The summed E-state index contributed by atoms with van der Waals surface area (Å²) in [7, 11) is 0. The molecule has 1 atom stereocenters. The second-order valence-electron chi connectivity index (χ2n) is 3.63. The summed E-state index contributed by atoms with van der Waals surface area (Å²) in [5.74, 6) is 1.12. The van der Waals surface area contributed by atoms with Gasteiger partial charge in [-0.15, -0.1) is 0 Å². The number of anilines is 1. The molecule has 0 aliphatic carbocycles. The molecule has 0 saturated carbocycles. The standard InChI is InChI=1S/C11H15F3N2S/c1-3-9(7-17-2)16-10-6-8(4-5-15-10)11(12,13)14/h4-6,9H,3,7H2,1-2H3,(H,15,16). The summed E-state index contributed by atoms with van der Waals surface area (Å²) >= 11 is 1.65. The third-order valence-electron chi connectivity index (χ3n) is 2.30. The average Bonchev–Trinajstić information content (AvgIpc) is 2.28. The lowest BCUT2D eigenvalue weighted by Crippen LogP contribution is -2.22. The number of nitrogens with zero attached hydrogens (tertiary/aromatic N) is 1. The lowest BCUT2D eigenvalue weighted by atomic mass is 10.2. The first kappa shape index (κ1) is 14.2. The van der Waals surface area contributed by atoms with E-state index in [0.717, 1.165) is 24.3 Å². The monoisotopic (exact) mass is 264 g/mol. The number of rotatable bonds is 5. The van der Waals surface area contributed by atoms with Gasteiger partial charge in [0, 0.05) is 18.0 Å². The molecule has 17 heavy (non-hydrogen) atoms. The Morgan fingerprint density at radius 1 is 1.47 bits per heavy atom. The van der Waals surface area contributed by atoms with Crippen molar-refractivity contribution in [2.75, 3.05) is 17.3 Å². The lowest BCUT2D eigenvalue weighted by molar-refractivity contribution is -0.137. The molecular formula is C11H15F3N2S. The number of aromatic nitrogens is 1. The van der Waals surface area contributed by atoms with Gasteiger partial charge in [0.25, 0.3) is 0 Å². The summed E-state index contributed by atoms with van der Waals surface area (Å²) in [5.41, 5.74) is -0.672. The summed E-state index contributed by atoms with van der Waals surface area (Å²) in [6.07, 6.45) is -0.333. The van der Waals surface area contributed by atoms with E-state index < -0.39 is 11.7 Å². The topological polar surface area (TPSA) is 24.9 Å². The van der Waals surface area contributed by atoms with Crippen molar-refractivity contribution in [3.8, 4) is 0 Å². The van der Waals surface area contributed by atoms with Crippen molar-refractivity contribution in [3.63, 3.8) is 0 Å². The molecule has 96 valence electrons. The number of alkyl halides is 3. The van der Waals surface area contributed by atoms with E-state index in [9.17, 15) is 13.2 Å². The van der Waals surface area contributed by atoms with Crippen LogP contribution in [0.15, 0.2) is 18.3 Å². The summed E-state index contributed by atoms with van der Waals surface area (Å²) in [6.45, 7) is 1.99. The van der Waals surface area contributed by atoms with E-state index in [1.54, 1.807) is 11.8 Å². The Balaban J connectivity index is 2.78. The van der Waals surface area contributed by atoms with Crippen molar-refractivity contribution in [3.05, 3.63) is 23.9 Å². The van der Waals surface area contributed by atoms with E-state index in [-0.39, 0.29) is 11.9 Å². The number of hydrogen-bond donors (Lipinski definition) is 1. The van der Waals surface area contributed by atoms with Crippen LogP contribution in [0.25, 0.3) is 0 Å². The summed E-state index contributed by atoms with van der Waals surface area (Å²) in [5, 5.41) is 3.01. The van der Waals surface area contributed by atoms with E-state index in [1.807, 2.05) is 13.2 Å². The fourth-order valence-corrected chi connectivity index (χ4v) is 2.08. The fraction of sp³-hybridized carbons (Fsp3) is 0.545. The van der Waals surface area contributed by atoms with Crippen molar-refractivity contribution in [1.29, 1.82) is 0 Å². The zero-order chi connectivity index (χ0) is 12.9. The molecular weight excluding hydrogens is 249 g/mol. The van der Waals surface area contributed by atoms with Crippen LogP contribution in [0.5, 0.6) is 0 Å². The normalized spacial score (nSPS) is 13.5. The fourth-order valence-electron chi connectivity index (χ4n) is 1.36. The average molecular weight is 264 g/mol. The maximum absolute atomic E-state index is 12.5. The van der Waals surface area contributed by atoms with Crippen LogP contribution in [0.4, 0.5) is 19.0 Å². The van der Waals surface area contributed by atoms with Crippen LogP contribution in [0.2, 0.25) is 0 Å². The van der Waals surface area contributed by atoms with Gasteiger partial charge in [-0.2, -0.15) is 24.9 Å². The van der Waals surface area contributed by atoms with Crippen molar-refractivity contribution < 1.29 is 13.2 Å². The van der Waals surface area contributed by atoms with Crippen molar-refractivity contribution in [2.45, 2.75) is 25.6 Å². The van der Waals surface area contributed by atoms with E-state index in [4.69, 9.17) is 0 Å². The molecule has 6 heteroatoms. The number of pyridine rings is 1. The molecule has 1 unspecified atom stereocenters. The predicted molar refractivity (Wildman–Crippen MR) is 65.3 cm³/mol. The van der Waals surface area contributed by atoms with E-state index >= 15 is 0 Å². The van der Waals surface area contributed by atoms with Crippen molar-refractivity contribution in [2.24, 2.45) is 0 Å². The molecule has 1 rings (SSSR count). The maximum Gasteiger partial charge on any atom is 0.416 e. The first-order valence-electron chi connectivity index (χ1n) is 5.26. The first-order chi connectivity index (χ1) is 7.97. The highest BCUT2D eigenvalue weighted by molar-refractivity contribution is 7.98. The molecule has 0 aromatic carbocycles. The second-order valence-corrected chi connectivity index (χ2v) is 4.54. The van der Waals surface area contributed by atoms with Crippen LogP contribution in [-0.2, 0) is 6.18 Å². The van der Waals surface area contributed by atoms with Gasteiger partial charge >= 0.3 is 6.18 Å². The molecule has 0 saturated heterocycles. The molecule has 1 N–H and O–H groups in total. The molecule has 0 aliphatic rings. The second kappa shape index (κ2) is 6.14. The SMILES string of the molecule is CCC(CSC)Nc1cc(C(F)(F)F)ccn1. The molecule has 1 aromatic rings. The Bertz CT molecular complexity index is 355. The Labute approximate surface area is 103 Å². The summed E-state index contributed by atoms with van der Waals surface area (Å²) in [4.78, 5) is 3.90. The minimum atomic E-state index is -4.32. The smallest absolute Gasteiger partial charge is 0.367 e. The predicted octanol–water partition coefficient (Wildman–Crippen LogP) is 3.65. The number of thioether (sulfide) groups is 1. The zero-order valence-electron chi connectivity index (χ0n) is 9.71. The largest absolute Gasteiger partial charge is 0.416 e. The van der Waals surface area contributed by atoms with E-state index in [0.29, 0.717) is 0 Å². The minimum Gasteiger partial charge on any atom is -0.367 e. The highest BCUT2D eigenvalue weighted by Gasteiger charge is 2.30. The van der Waals surface area contributed by atoms with Crippen LogP contribution < -0.4 is 5.32 Å². The Morgan fingerprint density at radius 3 is 2.71 bits per heavy atom. The van der Waals surface area contributed by atoms with Crippen LogP contribution in [0.3, 0.4) is 0 Å². The zero-order valence-corrected chi connectivity index (χ0v) is 10.5. The Hall–Kier alpha value is -0.910. The van der Waals surface area contributed by atoms with Gasteiger partial charge in [0.05, 0.1) is 5.56 Å². The van der Waals surface area contributed by atoms with Gasteiger partial charge in [0.15, 0.2) is 0 Å². The Kier molecular flexibility index (Phi) is 5.11. The summed E-state index contributed by atoms with van der Waals surface area (Å²) in [6, 6.07) is 2.16. The highest BCUT2D eigenvalue weighted by atomic mass is 32.2. The van der Waals surface area contributed by atoms with E-state index in [2.05, 4.69) is 10.3 Å². The van der Waals surface area contributed by atoms with Gasteiger partial charge in [0.1, 0.15) is 5.82 Å².